The molecule has 606 valence electrons. The number of pyridine rings is 4. The molecular formula is C72H75F24N5O5P4. The second-order valence-electron chi connectivity index (χ2n) is 27.0. The molecule has 0 spiro atoms. The molecule has 0 radical (unpaired) electrons. The Balaban J connectivity index is 0.000000206. The van der Waals surface area contributed by atoms with Gasteiger partial charge in [-0.3, -0.25) is 4.79 Å². The predicted octanol–water partition coefficient (Wildman–Crippen LogP) is 24.9. The van der Waals surface area contributed by atoms with Crippen molar-refractivity contribution in [1.29, 1.82) is 0 Å². The van der Waals surface area contributed by atoms with Crippen LogP contribution in [0.3, 0.4) is 0 Å². The van der Waals surface area contributed by atoms with Crippen molar-refractivity contribution >= 4 is 48.5 Å². The van der Waals surface area contributed by atoms with Gasteiger partial charge in [0.25, 0.3) is 0 Å². The van der Waals surface area contributed by atoms with Crippen molar-refractivity contribution in [2.45, 2.75) is 70.6 Å². The SMILES string of the molecule is F[P-](F)(F)(F)(F)F.F[P-](F)(F)(F)(F)F.F[P-](F)(F)(F)(F)F.F[P-](F)(F)(F)(F)F.Nc1ccc(C2C=CC=C(c3ccc(OCCOCCOCCOC(=O)C45CC6CC(CC(C6)C4)C5)cc3)C=C2)cc1.c1cc2ccc1C[n+]1ccc(cc1)-c1cc[n+](cc1)Cc1ccc(cc1)C[n+]1ccc(cc1)-c1cc[n+](cc1)C2. The number of rotatable bonds is 13. The minimum Gasteiger partial charge on any atom is -0.491 e. The van der Waals surface area contributed by atoms with Crippen LogP contribution in [0.5, 0.6) is 5.75 Å². The van der Waals surface area contributed by atoms with Gasteiger partial charge in [0.05, 0.1) is 31.8 Å². The Labute approximate surface area is 615 Å². The number of nitrogen functional groups attached to an aromatic ring is 1. The van der Waals surface area contributed by atoms with E-state index in [2.05, 4.69) is 220 Å². The molecule has 110 heavy (non-hydrogen) atoms. The Morgan fingerprint density at radius 3 is 0.991 bits per heavy atom. The first-order chi connectivity index (χ1) is 50.1. The minimum absolute atomic E-state index is 0.0221. The van der Waals surface area contributed by atoms with E-state index in [0.29, 0.717) is 39.6 Å². The maximum atomic E-state index is 12.9. The van der Waals surface area contributed by atoms with Crippen LogP contribution in [0.1, 0.15) is 77.8 Å². The smallest absolute Gasteiger partial charge is 0.312 e. The van der Waals surface area contributed by atoms with Crippen LogP contribution in [0.2, 0.25) is 0 Å². The van der Waals surface area contributed by atoms with Gasteiger partial charge in [0, 0.05) is 82.4 Å². The number of anilines is 1. The summed E-state index contributed by atoms with van der Waals surface area (Å²) in [5, 5.41) is 0. The van der Waals surface area contributed by atoms with E-state index < -0.39 is 31.2 Å². The molecule has 5 aliphatic carbocycles. The number of esters is 1. The summed E-state index contributed by atoms with van der Waals surface area (Å²) in [6.45, 7) is 6.06. The number of carbonyl (C=O) groups excluding carboxylic acids is 1. The van der Waals surface area contributed by atoms with E-state index in [9.17, 15) is 106 Å². The summed E-state index contributed by atoms with van der Waals surface area (Å²) >= 11 is 0. The Bertz CT molecular complexity index is 4070. The second kappa shape index (κ2) is 30.7. The first-order valence-corrected chi connectivity index (χ1v) is 41.6. The number of benzene rings is 4. The molecular weight excluding hydrogens is 1590 g/mol. The number of nitrogens with two attached hydrogens (primary N) is 1. The average molecular weight is 1670 g/mol. The van der Waals surface area contributed by atoms with Crippen molar-refractivity contribution in [3.8, 4) is 28.0 Å². The first kappa shape index (κ1) is 87.3. The normalized spacial score (nSPS) is 21.0. The van der Waals surface area contributed by atoms with Crippen LogP contribution < -0.4 is 28.7 Å². The van der Waals surface area contributed by atoms with Crippen molar-refractivity contribution in [2.24, 2.45) is 23.2 Å². The minimum atomic E-state index is -10.7. The third-order valence-corrected chi connectivity index (χ3v) is 17.1. The fourth-order valence-corrected chi connectivity index (χ4v) is 13.1. The molecule has 21 aliphatic rings. The van der Waals surface area contributed by atoms with Gasteiger partial charge < -0.3 is 24.7 Å². The molecule has 20 heterocycles. The van der Waals surface area contributed by atoms with Gasteiger partial charge in [-0.2, -0.15) is 0 Å². The van der Waals surface area contributed by atoms with Crippen LogP contribution in [0, 0.1) is 23.2 Å². The molecule has 0 saturated heterocycles. The van der Waals surface area contributed by atoms with E-state index in [4.69, 9.17) is 24.7 Å². The third kappa shape index (κ3) is 37.6. The third-order valence-electron chi connectivity index (χ3n) is 17.1. The Hall–Kier alpha value is -8.27. The summed E-state index contributed by atoms with van der Waals surface area (Å²) in [7, 11) is -42.6. The largest absolute Gasteiger partial charge is 0.491 e. The number of nitrogens with zero attached hydrogens (tertiary/aromatic N) is 4. The summed E-state index contributed by atoms with van der Waals surface area (Å²) in [4.78, 5) is 12.9. The molecule has 10 nitrogen and oxygen atoms in total. The number of halogens is 24. The molecule has 29 rings (SSSR count). The quantitative estimate of drug-likeness (QED) is 0.0309. The number of hydrogen-bond acceptors (Lipinski definition) is 6. The van der Waals surface area contributed by atoms with Crippen molar-refractivity contribution in [3.05, 3.63) is 259 Å². The van der Waals surface area contributed by atoms with Gasteiger partial charge in [-0.1, -0.05) is 103 Å². The zero-order valence-corrected chi connectivity index (χ0v) is 61.3. The molecule has 1 unspecified atom stereocenters. The van der Waals surface area contributed by atoms with Gasteiger partial charge in [-0.15, -0.1) is 0 Å². The zero-order chi connectivity index (χ0) is 81.1. The van der Waals surface area contributed by atoms with Gasteiger partial charge in [0.2, 0.25) is 0 Å². The van der Waals surface area contributed by atoms with Crippen molar-refractivity contribution < 1.29 is 143 Å². The number of hydrogen-bond donors (Lipinski definition) is 1. The zero-order valence-electron chi connectivity index (χ0n) is 57.8. The molecule has 4 aromatic carbocycles. The number of allylic oxidation sites excluding steroid dienone is 6. The van der Waals surface area contributed by atoms with Crippen LogP contribution in [-0.4, -0.2) is 45.6 Å². The molecule has 2 N–H and O–H groups in total. The predicted molar refractivity (Wildman–Crippen MR) is 373 cm³/mol. The van der Waals surface area contributed by atoms with Gasteiger partial charge in [0.1, 0.15) is 19.0 Å². The van der Waals surface area contributed by atoms with E-state index >= 15 is 0 Å². The van der Waals surface area contributed by atoms with E-state index in [-0.39, 0.29) is 17.3 Å². The number of ether oxygens (including phenoxy) is 4. The van der Waals surface area contributed by atoms with Crippen molar-refractivity contribution in [3.63, 3.8) is 0 Å². The molecule has 38 heteroatoms. The number of aromatic nitrogens is 4. The topological polar surface area (TPSA) is 95.5 Å². The van der Waals surface area contributed by atoms with E-state index in [1.165, 1.54) is 69.3 Å². The summed E-state index contributed by atoms with van der Waals surface area (Å²) in [5.74, 6) is 3.29. The monoisotopic (exact) mass is 1670 g/mol. The molecule has 4 aromatic heterocycles. The molecule has 8 aromatic rings. The van der Waals surface area contributed by atoms with Crippen molar-refractivity contribution in [1.82, 2.24) is 0 Å². The van der Waals surface area contributed by atoms with Crippen LogP contribution in [0.15, 0.2) is 226 Å². The average Bonchev–Trinajstić information content (AvgIpc) is 0.826. The van der Waals surface area contributed by atoms with E-state index in [0.717, 1.165) is 85.8 Å². The van der Waals surface area contributed by atoms with E-state index in [1.807, 2.05) is 24.3 Å². The summed E-state index contributed by atoms with van der Waals surface area (Å²) in [6.07, 6.45) is 35.3. The summed E-state index contributed by atoms with van der Waals surface area (Å²) < 4.78 is 268. The van der Waals surface area contributed by atoms with Crippen LogP contribution in [0.25, 0.3) is 27.8 Å². The van der Waals surface area contributed by atoms with Crippen LogP contribution in [-0.2, 0) is 45.2 Å². The fourth-order valence-electron chi connectivity index (χ4n) is 13.1. The number of carbonyl (C=O) groups is 1. The van der Waals surface area contributed by atoms with E-state index in [1.54, 1.807) is 0 Å². The molecule has 4 saturated carbocycles. The molecule has 4 fully saturated rings. The van der Waals surface area contributed by atoms with Gasteiger partial charge >= 0.3 is 138 Å². The maximum Gasteiger partial charge on any atom is 0.312 e. The Morgan fingerprint density at radius 2 is 0.673 bits per heavy atom. The van der Waals surface area contributed by atoms with Gasteiger partial charge in [-0.25, -0.2) is 18.3 Å². The first-order valence-electron chi connectivity index (χ1n) is 33.5. The Morgan fingerprint density at radius 1 is 0.373 bits per heavy atom. The van der Waals surface area contributed by atoms with Crippen LogP contribution in [0.4, 0.5) is 106 Å². The fraction of sp³-hybridized carbons (Fsp3) is 0.292. The molecule has 16 aliphatic heterocycles. The molecule has 0 amide bonds. The van der Waals surface area contributed by atoms with Gasteiger partial charge in [-0.05, 0) is 119 Å². The van der Waals surface area contributed by atoms with Crippen LogP contribution >= 0.6 is 31.2 Å². The van der Waals surface area contributed by atoms with Gasteiger partial charge in [0.15, 0.2) is 75.8 Å². The van der Waals surface area contributed by atoms with Crippen molar-refractivity contribution in [2.75, 3.05) is 45.4 Å². The standard InChI is InChI=1S/C36H32N4.C36H43NO5.4F6P/c1-2-30-4-3-29(1)25-37-17-9-33(10-18-37)35-13-21-39(22-14-35)27-31-5-7-32(8-6-31)28-40-23-15-36(16-24-40)34-11-19-38(26-30)20-12-34;37-33-10-6-31(7-11-33)29-2-1-3-30(5-4-29)32-8-12-34(13-9-32)41-18-16-39-14-15-40-17-19-42-35(38)36-23-26-20-27(24-36)22-28(21-26)25-36;4*1-7(2,3,4,5)6/h1-24H,25-28H2;1-13,26-29H,14-25,37H2;;;;/q+4;;4*-1. The maximum absolute atomic E-state index is 12.9. The second-order valence-corrected chi connectivity index (χ2v) is 34.7. The Kier molecular flexibility index (Phi) is 24.3. The molecule has 1 atom stereocenters. The summed E-state index contributed by atoms with van der Waals surface area (Å²) in [5.41, 5.74) is 20.0. The summed E-state index contributed by atoms with van der Waals surface area (Å²) in [6, 6.07) is 51.7. The molecule has 16 bridgehead atoms.